The number of amides is 2. The van der Waals surface area contributed by atoms with Crippen molar-refractivity contribution in [2.45, 2.75) is 62.6 Å². The van der Waals surface area contributed by atoms with Gasteiger partial charge in [-0.05, 0) is 60.9 Å². The minimum Gasteiger partial charge on any atom is -0.493 e. The molecule has 3 aromatic carbocycles. The minimum atomic E-state index is -3.34. The van der Waals surface area contributed by atoms with E-state index in [2.05, 4.69) is 10.6 Å². The molecule has 0 saturated carbocycles. The number of rotatable bonds is 8. The Labute approximate surface area is 246 Å². The van der Waals surface area contributed by atoms with Crippen molar-refractivity contribution in [3.63, 3.8) is 0 Å². The van der Waals surface area contributed by atoms with Gasteiger partial charge in [0, 0.05) is 29.3 Å². The first-order chi connectivity index (χ1) is 20.1. The van der Waals surface area contributed by atoms with E-state index in [1.165, 1.54) is 12.1 Å². The van der Waals surface area contributed by atoms with Crippen LogP contribution in [-0.4, -0.2) is 49.5 Å². The number of guanidine groups is 1. The molecule has 3 aromatic rings. The zero-order valence-corrected chi connectivity index (χ0v) is 24.9. The molecule has 1 saturated heterocycles. The van der Waals surface area contributed by atoms with Gasteiger partial charge in [-0.25, -0.2) is 13.4 Å². The lowest BCUT2D eigenvalue weighted by atomic mass is 9.86. The van der Waals surface area contributed by atoms with E-state index in [0.717, 1.165) is 36.0 Å². The van der Waals surface area contributed by atoms with Crippen molar-refractivity contribution in [2.75, 3.05) is 12.9 Å². The van der Waals surface area contributed by atoms with Crippen molar-refractivity contribution in [2.24, 2.45) is 4.99 Å². The topological polar surface area (TPSA) is 117 Å². The van der Waals surface area contributed by atoms with Crippen LogP contribution in [0.25, 0.3) is 0 Å². The van der Waals surface area contributed by atoms with Crippen molar-refractivity contribution < 1.29 is 22.7 Å². The van der Waals surface area contributed by atoms with E-state index in [4.69, 9.17) is 9.73 Å². The first-order valence-electron chi connectivity index (χ1n) is 14.2. The number of benzene rings is 3. The van der Waals surface area contributed by atoms with Gasteiger partial charge in [-0.15, -0.1) is 0 Å². The van der Waals surface area contributed by atoms with Crippen LogP contribution in [0.1, 0.15) is 67.1 Å². The third-order valence-electron chi connectivity index (χ3n) is 8.07. The fourth-order valence-electron chi connectivity index (χ4n) is 5.40. The molecule has 0 unspecified atom stereocenters. The Morgan fingerprint density at radius 3 is 2.52 bits per heavy atom. The van der Waals surface area contributed by atoms with E-state index >= 15 is 0 Å². The highest BCUT2D eigenvalue weighted by molar-refractivity contribution is 7.90. The smallest absolute Gasteiger partial charge is 0.251 e. The van der Waals surface area contributed by atoms with E-state index in [0.29, 0.717) is 36.7 Å². The third-order valence-corrected chi connectivity index (χ3v) is 9.20. The van der Waals surface area contributed by atoms with E-state index in [9.17, 15) is 18.0 Å². The first-order valence-corrected chi connectivity index (χ1v) is 16.1. The molecule has 0 aromatic heterocycles. The Balaban J connectivity index is 1.39. The lowest BCUT2D eigenvalue weighted by molar-refractivity contribution is -0.131. The number of carbonyl (C=O) groups is 2. The number of aliphatic imine (C=N–C) groups is 1. The van der Waals surface area contributed by atoms with E-state index in [1.54, 1.807) is 29.2 Å². The summed E-state index contributed by atoms with van der Waals surface area (Å²) in [7, 11) is -3.34. The Morgan fingerprint density at radius 2 is 1.81 bits per heavy atom. The largest absolute Gasteiger partial charge is 0.493 e. The number of carbonyl (C=O) groups excluding carboxylic acids is 2. The monoisotopic (exact) mass is 588 g/mol. The molecule has 2 aliphatic heterocycles. The summed E-state index contributed by atoms with van der Waals surface area (Å²) >= 11 is 0. The van der Waals surface area contributed by atoms with Crippen LogP contribution < -0.4 is 15.4 Å². The molecule has 10 heteroatoms. The highest BCUT2D eigenvalue weighted by atomic mass is 32.2. The summed E-state index contributed by atoms with van der Waals surface area (Å²) in [4.78, 5) is 33.4. The summed E-state index contributed by atoms with van der Waals surface area (Å²) in [6, 6.07) is 21.1. The number of sulfone groups is 1. The van der Waals surface area contributed by atoms with Crippen molar-refractivity contribution in [3.8, 4) is 5.75 Å². The molecule has 5 rings (SSSR count). The van der Waals surface area contributed by atoms with E-state index in [-0.39, 0.29) is 29.3 Å². The molecule has 0 radical (unpaired) electrons. The van der Waals surface area contributed by atoms with Crippen LogP contribution in [0, 0.1) is 0 Å². The van der Waals surface area contributed by atoms with Crippen molar-refractivity contribution in [3.05, 3.63) is 89.5 Å². The fourth-order valence-corrected chi connectivity index (χ4v) is 6.03. The summed E-state index contributed by atoms with van der Waals surface area (Å²) in [6.07, 6.45) is 3.62. The Morgan fingerprint density at radius 1 is 1.07 bits per heavy atom. The van der Waals surface area contributed by atoms with Gasteiger partial charge in [0.15, 0.2) is 9.84 Å². The van der Waals surface area contributed by atoms with Gasteiger partial charge >= 0.3 is 0 Å². The molecular weight excluding hydrogens is 552 g/mol. The molecule has 2 amide bonds. The Kier molecular flexibility index (Phi) is 8.36. The van der Waals surface area contributed by atoms with E-state index < -0.39 is 15.4 Å². The van der Waals surface area contributed by atoms with Gasteiger partial charge in [-0.2, -0.15) is 0 Å². The second kappa shape index (κ2) is 12.0. The maximum absolute atomic E-state index is 13.6. The summed E-state index contributed by atoms with van der Waals surface area (Å²) in [6.45, 7) is 4.83. The maximum atomic E-state index is 13.6. The van der Waals surface area contributed by atoms with Crippen LogP contribution in [0.15, 0.2) is 82.7 Å². The van der Waals surface area contributed by atoms with Gasteiger partial charge in [-0.3, -0.25) is 14.5 Å². The second-order valence-electron chi connectivity index (χ2n) is 10.9. The summed E-state index contributed by atoms with van der Waals surface area (Å²) in [5, 5.41) is 6.64. The van der Waals surface area contributed by atoms with Crippen LogP contribution in [0.4, 0.5) is 5.69 Å². The first kappa shape index (κ1) is 29.3. The number of fused-ring (bicyclic) bond motifs is 1. The third kappa shape index (κ3) is 6.33. The molecule has 2 aliphatic rings. The van der Waals surface area contributed by atoms with Crippen LogP contribution in [0.3, 0.4) is 0 Å². The number of hydrogen-bond donors (Lipinski definition) is 2. The fraction of sp³-hybridized carbons (Fsp3) is 0.344. The van der Waals surface area contributed by atoms with Gasteiger partial charge in [0.25, 0.3) is 5.91 Å². The minimum absolute atomic E-state index is 0.0716. The van der Waals surface area contributed by atoms with E-state index in [1.807, 2.05) is 50.2 Å². The van der Waals surface area contributed by atoms with Crippen molar-refractivity contribution >= 4 is 33.3 Å². The molecule has 42 heavy (non-hydrogen) atoms. The summed E-state index contributed by atoms with van der Waals surface area (Å²) in [5.41, 5.74) is 2.33. The van der Waals surface area contributed by atoms with Crippen molar-refractivity contribution in [1.29, 1.82) is 0 Å². The molecule has 1 atom stereocenters. The van der Waals surface area contributed by atoms with Crippen LogP contribution >= 0.6 is 0 Å². The average Bonchev–Trinajstić information content (AvgIpc) is 2.99. The van der Waals surface area contributed by atoms with Gasteiger partial charge in [0.2, 0.25) is 11.9 Å². The molecule has 220 valence electrons. The lowest BCUT2D eigenvalue weighted by Crippen LogP contribution is -2.61. The summed E-state index contributed by atoms with van der Waals surface area (Å²) in [5.74, 6) is 0.915. The standard InChI is InChI=1S/C32H36N4O5S/c1-4-32(5-2)20-29(37)36(31(35-32)33-24-13-15-25(16-14-24)42(3,39)40)21-22-9-8-10-23(19-22)30(38)34-27-17-18-41-28-12-7-6-11-26(27)28/h6-16,19,27H,4-5,17-18,20-21H2,1-3H3,(H,33,35)(H,34,38)/t27-/m0/s1. The SMILES string of the molecule is CCC1(CC)CC(=O)N(Cc2cccc(C(=O)N[C@H]3CCOc4ccccc43)c2)/C(=N\c2ccc(S(C)(=O)=O)cc2)N1. The lowest BCUT2D eigenvalue weighted by Gasteiger charge is -2.42. The molecule has 0 bridgehead atoms. The zero-order chi connectivity index (χ0) is 29.9. The number of nitrogens with one attached hydrogen (secondary N) is 2. The second-order valence-corrected chi connectivity index (χ2v) is 12.9. The molecule has 9 nitrogen and oxygen atoms in total. The van der Waals surface area contributed by atoms with Gasteiger partial charge in [0.1, 0.15) is 5.75 Å². The highest BCUT2D eigenvalue weighted by Gasteiger charge is 2.39. The zero-order valence-electron chi connectivity index (χ0n) is 24.1. The predicted octanol–water partition coefficient (Wildman–Crippen LogP) is 4.91. The normalized spacial score (nSPS) is 19.0. The van der Waals surface area contributed by atoms with Gasteiger partial charge < -0.3 is 15.4 Å². The Hall–Kier alpha value is -4.18. The van der Waals surface area contributed by atoms with Gasteiger partial charge in [0.05, 0.1) is 36.2 Å². The van der Waals surface area contributed by atoms with Crippen LogP contribution in [0.5, 0.6) is 5.75 Å². The van der Waals surface area contributed by atoms with Gasteiger partial charge in [-0.1, -0.05) is 44.2 Å². The Bertz CT molecular complexity index is 1610. The van der Waals surface area contributed by atoms with Crippen molar-refractivity contribution in [1.82, 2.24) is 15.5 Å². The predicted molar refractivity (Wildman–Crippen MR) is 161 cm³/mol. The number of ether oxygens (including phenoxy) is 1. The highest BCUT2D eigenvalue weighted by Crippen LogP contribution is 2.32. The maximum Gasteiger partial charge on any atom is 0.251 e. The number of hydrogen-bond acceptors (Lipinski definition) is 6. The molecule has 2 N–H and O–H groups in total. The summed E-state index contributed by atoms with van der Waals surface area (Å²) < 4.78 is 29.5. The average molecular weight is 589 g/mol. The van der Waals surface area contributed by atoms with Crippen LogP contribution in [0.2, 0.25) is 0 Å². The number of nitrogens with zero attached hydrogens (tertiary/aromatic N) is 2. The molecule has 1 fully saturated rings. The van der Waals surface area contributed by atoms with Crippen LogP contribution in [-0.2, 0) is 21.2 Å². The molecule has 0 aliphatic carbocycles. The molecular formula is C32H36N4O5S. The quantitative estimate of drug-likeness (QED) is 0.386. The molecule has 2 heterocycles. The number of para-hydroxylation sites is 1. The molecule has 0 spiro atoms.